The van der Waals surface area contributed by atoms with E-state index >= 15 is 0 Å². The van der Waals surface area contributed by atoms with Crippen molar-refractivity contribution in [1.29, 1.82) is 0 Å². The highest BCUT2D eigenvalue weighted by Gasteiger charge is 2.18. The number of carbonyl (C=O) groups is 3. The molecule has 0 atom stereocenters. The first-order valence-electron chi connectivity index (χ1n) is 9.69. The molecule has 0 saturated heterocycles. The van der Waals surface area contributed by atoms with E-state index < -0.39 is 11.8 Å². The highest BCUT2D eigenvalue weighted by Crippen LogP contribution is 2.16. The van der Waals surface area contributed by atoms with Crippen molar-refractivity contribution in [2.45, 2.75) is 20.0 Å². The molecule has 7 heteroatoms. The Morgan fingerprint density at radius 1 is 0.806 bits per heavy atom. The maximum atomic E-state index is 12.7. The maximum Gasteiger partial charge on any atom is 0.313 e. The van der Waals surface area contributed by atoms with Gasteiger partial charge >= 0.3 is 11.8 Å². The molecule has 0 spiro atoms. The van der Waals surface area contributed by atoms with Gasteiger partial charge < -0.3 is 16.0 Å². The molecule has 0 bridgehead atoms. The number of rotatable bonds is 6. The number of carbonyl (C=O) groups excluding carboxylic acids is 3. The highest BCUT2D eigenvalue weighted by atomic mass is 35.5. The Balaban J connectivity index is 1.61. The summed E-state index contributed by atoms with van der Waals surface area (Å²) >= 11 is 5.92. The second kappa shape index (κ2) is 10.4. The van der Waals surface area contributed by atoms with E-state index in [0.29, 0.717) is 11.6 Å². The zero-order chi connectivity index (χ0) is 22.2. The Labute approximate surface area is 185 Å². The average molecular weight is 436 g/mol. The third-order valence-electron chi connectivity index (χ3n) is 4.67. The number of para-hydroxylation sites is 1. The minimum Gasteiger partial charge on any atom is -0.348 e. The van der Waals surface area contributed by atoms with Crippen LogP contribution < -0.4 is 16.0 Å². The fourth-order valence-corrected chi connectivity index (χ4v) is 3.17. The molecule has 3 aromatic carbocycles. The van der Waals surface area contributed by atoms with Gasteiger partial charge in [-0.1, -0.05) is 60.1 Å². The van der Waals surface area contributed by atoms with Gasteiger partial charge in [-0.2, -0.15) is 0 Å². The van der Waals surface area contributed by atoms with Crippen molar-refractivity contribution in [3.05, 3.63) is 100 Å². The number of anilines is 1. The molecule has 0 heterocycles. The highest BCUT2D eigenvalue weighted by molar-refractivity contribution is 6.40. The fourth-order valence-electron chi connectivity index (χ4n) is 2.96. The van der Waals surface area contributed by atoms with Crippen molar-refractivity contribution in [3.63, 3.8) is 0 Å². The predicted molar refractivity (Wildman–Crippen MR) is 121 cm³/mol. The van der Waals surface area contributed by atoms with Crippen molar-refractivity contribution in [2.75, 3.05) is 5.32 Å². The molecule has 0 radical (unpaired) electrons. The summed E-state index contributed by atoms with van der Waals surface area (Å²) in [7, 11) is 0. The Morgan fingerprint density at radius 2 is 1.55 bits per heavy atom. The number of benzene rings is 3. The van der Waals surface area contributed by atoms with Crippen molar-refractivity contribution < 1.29 is 14.4 Å². The van der Waals surface area contributed by atoms with Crippen LogP contribution in [0.3, 0.4) is 0 Å². The quantitative estimate of drug-likeness (QED) is 0.514. The molecule has 0 aliphatic carbocycles. The zero-order valence-corrected chi connectivity index (χ0v) is 17.7. The summed E-state index contributed by atoms with van der Waals surface area (Å²) < 4.78 is 0. The Morgan fingerprint density at radius 3 is 2.32 bits per heavy atom. The molecule has 0 aromatic heterocycles. The van der Waals surface area contributed by atoms with Gasteiger partial charge in [0.2, 0.25) is 0 Å². The normalized spacial score (nSPS) is 10.3. The van der Waals surface area contributed by atoms with Crippen LogP contribution in [0, 0.1) is 6.92 Å². The van der Waals surface area contributed by atoms with E-state index in [1.54, 1.807) is 48.5 Å². The van der Waals surface area contributed by atoms with E-state index in [1.165, 1.54) is 0 Å². The molecule has 0 aliphatic rings. The summed E-state index contributed by atoms with van der Waals surface area (Å²) in [5.41, 5.74) is 3.36. The van der Waals surface area contributed by atoms with Crippen LogP contribution in [0.25, 0.3) is 0 Å². The van der Waals surface area contributed by atoms with Crippen LogP contribution in [-0.4, -0.2) is 17.7 Å². The molecular weight excluding hydrogens is 414 g/mol. The smallest absolute Gasteiger partial charge is 0.313 e. The van der Waals surface area contributed by atoms with Crippen LogP contribution in [0.4, 0.5) is 5.69 Å². The van der Waals surface area contributed by atoms with Gasteiger partial charge in [-0.05, 0) is 47.9 Å². The molecule has 3 aromatic rings. The molecule has 6 nitrogen and oxygen atoms in total. The van der Waals surface area contributed by atoms with Gasteiger partial charge in [-0.3, -0.25) is 14.4 Å². The summed E-state index contributed by atoms with van der Waals surface area (Å²) in [6.45, 7) is 2.48. The molecule has 0 aliphatic heterocycles. The van der Waals surface area contributed by atoms with Gasteiger partial charge in [-0.25, -0.2) is 0 Å². The molecule has 0 unspecified atom stereocenters. The number of hydrogen-bond acceptors (Lipinski definition) is 3. The van der Waals surface area contributed by atoms with Crippen LogP contribution in [-0.2, 0) is 22.7 Å². The van der Waals surface area contributed by atoms with E-state index in [9.17, 15) is 14.4 Å². The van der Waals surface area contributed by atoms with Crippen molar-refractivity contribution in [3.8, 4) is 0 Å². The zero-order valence-electron chi connectivity index (χ0n) is 16.9. The number of nitrogens with one attached hydrogen (secondary N) is 3. The minimum atomic E-state index is -0.860. The SMILES string of the molecule is Cc1ccccc1CNC(=O)c1ccccc1NC(=O)C(=O)NCc1cccc(Cl)c1. The van der Waals surface area contributed by atoms with E-state index in [-0.39, 0.29) is 23.7 Å². The van der Waals surface area contributed by atoms with Gasteiger partial charge in [0.1, 0.15) is 0 Å². The fraction of sp³-hybridized carbons (Fsp3) is 0.125. The minimum absolute atomic E-state index is 0.158. The molecule has 0 saturated carbocycles. The predicted octanol–water partition coefficient (Wildman–Crippen LogP) is 3.83. The third kappa shape index (κ3) is 6.17. The van der Waals surface area contributed by atoms with Crippen molar-refractivity contribution >= 4 is 35.0 Å². The Hall–Kier alpha value is -3.64. The van der Waals surface area contributed by atoms with E-state index in [0.717, 1.165) is 16.7 Å². The van der Waals surface area contributed by atoms with E-state index in [1.807, 2.05) is 31.2 Å². The molecule has 3 amide bonds. The van der Waals surface area contributed by atoms with Gasteiger partial charge in [0, 0.05) is 18.1 Å². The second-order valence-corrected chi connectivity index (χ2v) is 7.36. The van der Waals surface area contributed by atoms with Crippen molar-refractivity contribution in [2.24, 2.45) is 0 Å². The number of amides is 3. The molecule has 0 fully saturated rings. The van der Waals surface area contributed by atoms with Gasteiger partial charge in [0.25, 0.3) is 5.91 Å². The number of hydrogen-bond donors (Lipinski definition) is 3. The van der Waals surface area contributed by atoms with Crippen LogP contribution in [0.2, 0.25) is 5.02 Å². The summed E-state index contributed by atoms with van der Waals surface area (Å²) in [4.78, 5) is 37.2. The standard InChI is InChI=1S/C24H22ClN3O3/c1-16-7-2-3-9-18(16)15-27-22(29)20-11-4-5-12-21(20)28-24(31)23(30)26-14-17-8-6-10-19(25)13-17/h2-13H,14-15H2,1H3,(H,26,30)(H,27,29)(H,28,31). The lowest BCUT2D eigenvalue weighted by molar-refractivity contribution is -0.136. The van der Waals surface area contributed by atoms with Crippen molar-refractivity contribution in [1.82, 2.24) is 10.6 Å². The topological polar surface area (TPSA) is 87.3 Å². The van der Waals surface area contributed by atoms with Crippen LogP contribution in [0.1, 0.15) is 27.0 Å². The molecule has 31 heavy (non-hydrogen) atoms. The van der Waals surface area contributed by atoms with Gasteiger partial charge in [-0.15, -0.1) is 0 Å². The summed E-state index contributed by atoms with van der Waals surface area (Å²) in [6.07, 6.45) is 0. The monoisotopic (exact) mass is 435 g/mol. The number of halogens is 1. The first-order chi connectivity index (χ1) is 14.9. The first kappa shape index (κ1) is 22.1. The van der Waals surface area contributed by atoms with Crippen LogP contribution >= 0.6 is 11.6 Å². The van der Waals surface area contributed by atoms with Crippen LogP contribution in [0.5, 0.6) is 0 Å². The summed E-state index contributed by atoms with van der Waals surface area (Å²) in [5.74, 6) is -2.02. The largest absolute Gasteiger partial charge is 0.348 e. The van der Waals surface area contributed by atoms with Gasteiger partial charge in [0.15, 0.2) is 0 Å². The van der Waals surface area contributed by atoms with E-state index in [2.05, 4.69) is 16.0 Å². The number of aryl methyl sites for hydroxylation is 1. The maximum absolute atomic E-state index is 12.7. The first-order valence-corrected chi connectivity index (χ1v) is 10.1. The molecule has 158 valence electrons. The average Bonchev–Trinajstić information content (AvgIpc) is 2.77. The summed E-state index contributed by atoms with van der Waals surface area (Å²) in [6, 6.07) is 21.3. The Bertz CT molecular complexity index is 1110. The Kier molecular flexibility index (Phi) is 7.40. The lowest BCUT2D eigenvalue weighted by Crippen LogP contribution is -2.35. The molecule has 3 rings (SSSR count). The van der Waals surface area contributed by atoms with Crippen LogP contribution in [0.15, 0.2) is 72.8 Å². The second-order valence-electron chi connectivity index (χ2n) is 6.92. The lowest BCUT2D eigenvalue weighted by atomic mass is 10.1. The van der Waals surface area contributed by atoms with E-state index in [4.69, 9.17) is 11.6 Å². The third-order valence-corrected chi connectivity index (χ3v) is 4.90. The molecule has 3 N–H and O–H groups in total. The summed E-state index contributed by atoms with van der Waals surface area (Å²) in [5, 5.41) is 8.44. The lowest BCUT2D eigenvalue weighted by Gasteiger charge is -2.12. The molecular formula is C24H22ClN3O3. The van der Waals surface area contributed by atoms with Gasteiger partial charge in [0.05, 0.1) is 11.3 Å².